The zero-order valence-corrected chi connectivity index (χ0v) is 8.45. The van der Waals surface area contributed by atoms with Crippen molar-refractivity contribution in [3.8, 4) is 0 Å². The maximum absolute atomic E-state index is 11.8. The van der Waals surface area contributed by atoms with Crippen LogP contribution in [0.4, 0.5) is 13.2 Å². The summed E-state index contributed by atoms with van der Waals surface area (Å²) in [5.41, 5.74) is 0. The van der Waals surface area contributed by atoms with Crippen LogP contribution in [0.3, 0.4) is 0 Å². The van der Waals surface area contributed by atoms with Gasteiger partial charge in [0.2, 0.25) is 0 Å². The molecule has 0 bridgehead atoms. The minimum Gasteiger partial charge on any atom is -0.316 e. The van der Waals surface area contributed by atoms with Crippen LogP contribution in [-0.4, -0.2) is 25.0 Å². The van der Waals surface area contributed by atoms with Crippen molar-refractivity contribution in [2.24, 2.45) is 5.92 Å². The number of halogens is 3. The number of hydrogen-bond acceptors (Lipinski definition) is 2. The number of nitrogens with one attached hydrogen (secondary N) is 1. The van der Waals surface area contributed by atoms with E-state index in [9.17, 15) is 18.0 Å². The SMILES string of the molecule is CCNCC(C)C(=O)CCC(F)(F)F. The lowest BCUT2D eigenvalue weighted by Crippen LogP contribution is -2.27. The summed E-state index contributed by atoms with van der Waals surface area (Å²) in [5.74, 6) is -0.666. The van der Waals surface area contributed by atoms with E-state index in [0.717, 1.165) is 6.54 Å². The van der Waals surface area contributed by atoms with Crippen molar-refractivity contribution in [2.75, 3.05) is 13.1 Å². The average molecular weight is 211 g/mol. The predicted molar refractivity (Wildman–Crippen MR) is 48.0 cm³/mol. The molecular weight excluding hydrogens is 195 g/mol. The molecule has 1 unspecified atom stereocenters. The van der Waals surface area contributed by atoms with Crippen molar-refractivity contribution in [3.05, 3.63) is 0 Å². The van der Waals surface area contributed by atoms with Gasteiger partial charge in [-0.05, 0) is 6.54 Å². The van der Waals surface area contributed by atoms with Gasteiger partial charge in [-0.1, -0.05) is 13.8 Å². The molecule has 0 saturated carbocycles. The number of hydrogen-bond donors (Lipinski definition) is 1. The Morgan fingerprint density at radius 2 is 2.00 bits per heavy atom. The molecule has 0 aromatic heterocycles. The molecule has 0 aliphatic heterocycles. The van der Waals surface area contributed by atoms with Gasteiger partial charge in [0, 0.05) is 18.9 Å². The van der Waals surface area contributed by atoms with Gasteiger partial charge in [0.05, 0.1) is 6.42 Å². The summed E-state index contributed by atoms with van der Waals surface area (Å²) in [6.45, 7) is 4.69. The minimum absolute atomic E-state index is 0.330. The topological polar surface area (TPSA) is 29.1 Å². The highest BCUT2D eigenvalue weighted by Gasteiger charge is 2.28. The van der Waals surface area contributed by atoms with E-state index in [2.05, 4.69) is 5.32 Å². The smallest absolute Gasteiger partial charge is 0.316 e. The maximum Gasteiger partial charge on any atom is 0.389 e. The van der Waals surface area contributed by atoms with Gasteiger partial charge in [-0.25, -0.2) is 0 Å². The van der Waals surface area contributed by atoms with E-state index in [1.54, 1.807) is 6.92 Å². The van der Waals surface area contributed by atoms with Gasteiger partial charge in [0.1, 0.15) is 5.78 Å². The Bertz CT molecular complexity index is 179. The molecule has 5 heteroatoms. The molecule has 84 valence electrons. The van der Waals surface area contributed by atoms with Crippen LogP contribution in [0.25, 0.3) is 0 Å². The van der Waals surface area contributed by atoms with Crippen LogP contribution >= 0.6 is 0 Å². The maximum atomic E-state index is 11.8. The molecule has 0 amide bonds. The first-order valence-corrected chi connectivity index (χ1v) is 4.67. The molecule has 0 spiro atoms. The van der Waals surface area contributed by atoms with Gasteiger partial charge in [-0.3, -0.25) is 4.79 Å². The summed E-state index contributed by atoms with van der Waals surface area (Å²) < 4.78 is 35.3. The Morgan fingerprint density at radius 1 is 1.43 bits per heavy atom. The fourth-order valence-electron chi connectivity index (χ4n) is 0.986. The lowest BCUT2D eigenvalue weighted by Gasteiger charge is -2.11. The number of Topliss-reactive ketones (excluding diaryl/α,β-unsaturated/α-hetero) is 1. The molecule has 0 saturated heterocycles. The Balaban J connectivity index is 3.73. The van der Waals surface area contributed by atoms with E-state index < -0.39 is 19.0 Å². The van der Waals surface area contributed by atoms with Gasteiger partial charge >= 0.3 is 6.18 Å². The first-order chi connectivity index (χ1) is 6.37. The summed E-state index contributed by atoms with van der Waals surface area (Å²) in [6.07, 6.45) is -5.65. The number of rotatable bonds is 6. The second-order valence-corrected chi connectivity index (χ2v) is 3.29. The summed E-state index contributed by atoms with van der Waals surface area (Å²) in [5, 5.41) is 2.92. The van der Waals surface area contributed by atoms with Gasteiger partial charge in [-0.15, -0.1) is 0 Å². The molecule has 0 radical (unpaired) electrons. The summed E-state index contributed by atoms with van der Waals surface area (Å²) >= 11 is 0. The van der Waals surface area contributed by atoms with Crippen molar-refractivity contribution in [2.45, 2.75) is 32.9 Å². The highest BCUT2D eigenvalue weighted by molar-refractivity contribution is 5.80. The van der Waals surface area contributed by atoms with E-state index in [1.165, 1.54) is 0 Å². The summed E-state index contributed by atoms with van der Waals surface area (Å²) in [7, 11) is 0. The van der Waals surface area contributed by atoms with E-state index in [1.807, 2.05) is 6.92 Å². The average Bonchev–Trinajstić information content (AvgIpc) is 2.09. The Hall–Kier alpha value is -0.580. The Morgan fingerprint density at radius 3 is 2.43 bits per heavy atom. The fraction of sp³-hybridized carbons (Fsp3) is 0.889. The molecule has 0 fully saturated rings. The van der Waals surface area contributed by atoms with E-state index in [-0.39, 0.29) is 11.7 Å². The molecule has 0 rings (SSSR count). The number of alkyl halides is 3. The second-order valence-electron chi connectivity index (χ2n) is 3.29. The second kappa shape index (κ2) is 6.01. The first kappa shape index (κ1) is 13.4. The van der Waals surface area contributed by atoms with Crippen LogP contribution in [0.15, 0.2) is 0 Å². The zero-order chi connectivity index (χ0) is 11.2. The largest absolute Gasteiger partial charge is 0.389 e. The normalized spacial score (nSPS) is 14.1. The molecule has 2 nitrogen and oxygen atoms in total. The van der Waals surface area contributed by atoms with Crippen molar-refractivity contribution in [1.82, 2.24) is 5.32 Å². The molecule has 0 heterocycles. The van der Waals surface area contributed by atoms with Gasteiger partial charge in [0.25, 0.3) is 0 Å². The van der Waals surface area contributed by atoms with Crippen molar-refractivity contribution in [3.63, 3.8) is 0 Å². The third kappa shape index (κ3) is 6.88. The van der Waals surface area contributed by atoms with E-state index >= 15 is 0 Å². The molecule has 0 aliphatic carbocycles. The van der Waals surface area contributed by atoms with E-state index in [4.69, 9.17) is 0 Å². The monoisotopic (exact) mass is 211 g/mol. The standard InChI is InChI=1S/C9H16F3NO/c1-3-13-6-7(2)8(14)4-5-9(10,11)12/h7,13H,3-6H2,1-2H3. The number of carbonyl (C=O) groups is 1. The van der Waals surface area contributed by atoms with Gasteiger partial charge in [-0.2, -0.15) is 13.2 Å². The highest BCUT2D eigenvalue weighted by atomic mass is 19.4. The van der Waals surface area contributed by atoms with Crippen LogP contribution in [0.2, 0.25) is 0 Å². The molecule has 0 aromatic rings. The first-order valence-electron chi connectivity index (χ1n) is 4.67. The van der Waals surface area contributed by atoms with Gasteiger partial charge < -0.3 is 5.32 Å². The van der Waals surface area contributed by atoms with Gasteiger partial charge in [0.15, 0.2) is 0 Å². The third-order valence-corrected chi connectivity index (χ3v) is 1.91. The lowest BCUT2D eigenvalue weighted by atomic mass is 10.0. The van der Waals surface area contributed by atoms with Crippen LogP contribution < -0.4 is 5.32 Å². The quantitative estimate of drug-likeness (QED) is 0.729. The van der Waals surface area contributed by atoms with Crippen molar-refractivity contribution in [1.29, 1.82) is 0 Å². The fourth-order valence-corrected chi connectivity index (χ4v) is 0.986. The van der Waals surface area contributed by atoms with E-state index in [0.29, 0.717) is 6.54 Å². The molecule has 14 heavy (non-hydrogen) atoms. The third-order valence-electron chi connectivity index (χ3n) is 1.91. The lowest BCUT2D eigenvalue weighted by molar-refractivity contribution is -0.144. The zero-order valence-electron chi connectivity index (χ0n) is 8.45. The predicted octanol–water partition coefficient (Wildman–Crippen LogP) is 2.14. The molecule has 1 N–H and O–H groups in total. The van der Waals surface area contributed by atoms with Crippen molar-refractivity contribution < 1.29 is 18.0 Å². The molecule has 0 aromatic carbocycles. The summed E-state index contributed by atoms with van der Waals surface area (Å²) in [6, 6.07) is 0. The van der Waals surface area contributed by atoms with Crippen molar-refractivity contribution >= 4 is 5.78 Å². The number of ketones is 1. The molecular formula is C9H16F3NO. The molecule has 1 atom stereocenters. The van der Waals surface area contributed by atoms with Crippen LogP contribution in [0, 0.1) is 5.92 Å². The molecule has 0 aliphatic rings. The number of carbonyl (C=O) groups excluding carboxylic acids is 1. The summed E-state index contributed by atoms with van der Waals surface area (Å²) in [4.78, 5) is 11.2. The minimum atomic E-state index is -4.23. The Labute approximate surface area is 81.9 Å². The highest BCUT2D eigenvalue weighted by Crippen LogP contribution is 2.22. The van der Waals surface area contributed by atoms with Crippen LogP contribution in [0.1, 0.15) is 26.7 Å². The Kier molecular flexibility index (Phi) is 5.76. The van der Waals surface area contributed by atoms with Crippen LogP contribution in [0.5, 0.6) is 0 Å². The van der Waals surface area contributed by atoms with Crippen LogP contribution in [-0.2, 0) is 4.79 Å².